The van der Waals surface area contributed by atoms with E-state index in [9.17, 15) is 0 Å². The van der Waals surface area contributed by atoms with Gasteiger partial charge in [0.15, 0.2) is 0 Å². The molecule has 6 aliphatic heterocycles. The third-order valence-electron chi connectivity index (χ3n) is 18.0. The van der Waals surface area contributed by atoms with Crippen LogP contribution in [0.1, 0.15) is 207 Å². The zero-order valence-corrected chi connectivity index (χ0v) is 49.3. The molecule has 10 rings (SSSR count). The molecular weight excluding hydrogens is 929 g/mol. The van der Waals surface area contributed by atoms with Gasteiger partial charge in [-0.3, -0.25) is 0 Å². The van der Waals surface area contributed by atoms with E-state index in [1.54, 1.807) is 0 Å². The van der Waals surface area contributed by atoms with Crippen LogP contribution in [0.3, 0.4) is 0 Å². The summed E-state index contributed by atoms with van der Waals surface area (Å²) in [5.41, 5.74) is 32.4. The third-order valence-corrected chi connectivity index (χ3v) is 18.0. The first-order chi connectivity index (χ1) is 37.0. The lowest BCUT2D eigenvalue weighted by molar-refractivity contribution is 1.03. The fourth-order valence-corrected chi connectivity index (χ4v) is 14.7. The smallest absolute Gasteiger partial charge is 0.0910 e. The number of rotatable bonds is 17. The minimum atomic E-state index is 0.839. The van der Waals surface area contributed by atoms with Crippen LogP contribution in [0.4, 0.5) is 0 Å². The van der Waals surface area contributed by atoms with Crippen molar-refractivity contribution in [1.29, 1.82) is 0 Å². The molecule has 16 bridgehead atoms. The first kappa shape index (κ1) is 53.1. The van der Waals surface area contributed by atoms with E-state index < -0.39 is 0 Å². The molecule has 0 fully saturated rings. The van der Waals surface area contributed by atoms with Crippen LogP contribution in [0.25, 0.3) is 46.1 Å². The highest BCUT2D eigenvalue weighted by molar-refractivity contribution is 6.53. The average molecular weight is 1020 g/mol. The second-order valence-corrected chi connectivity index (χ2v) is 21.2. The standard InChI is InChI=1S/C68H86N8/c1-17-35-39(21-5)61-65-47(29-13)43(25-9)57(73-65)55(58-44(26-10)48(30-14)66(74-58)62-40(22-6)36(18-2)52(70-62)33-51(35)69-61)56-59-45(27-11)49(31-15)67(75-59)63-41(23-7)37(19-3)53(71-63)34-54-38(20-4)42(24-8)64(72-54)68-50(32-16)46(28-12)60(56)76-68/h33-34,69,71,74,76H,17-32H2,1-16H3. The lowest BCUT2D eigenvalue weighted by Gasteiger charge is -2.18. The Labute approximate surface area is 452 Å². The Bertz CT molecular complexity index is 3710. The van der Waals surface area contributed by atoms with Crippen LogP contribution in [0.15, 0.2) is 64.6 Å². The Hall–Kier alpha value is -6.28. The predicted molar refractivity (Wildman–Crippen MR) is 325 cm³/mol. The number of hydrogen-bond donors (Lipinski definition) is 4. The van der Waals surface area contributed by atoms with Crippen LogP contribution in [-0.2, 0) is 51.4 Å². The molecule has 8 heteroatoms. The van der Waals surface area contributed by atoms with Crippen molar-refractivity contribution in [3.05, 3.63) is 132 Å². The monoisotopic (exact) mass is 1010 g/mol. The molecule has 398 valence electrons. The maximum absolute atomic E-state index is 6.20. The molecule has 0 saturated carbocycles. The van der Waals surface area contributed by atoms with Crippen LogP contribution in [0, 0.1) is 0 Å². The Morgan fingerprint density at radius 3 is 0.789 bits per heavy atom. The van der Waals surface area contributed by atoms with Crippen molar-refractivity contribution in [2.24, 2.45) is 20.0 Å². The average Bonchev–Trinajstić information content (AvgIpc) is 4.36. The Morgan fingerprint density at radius 1 is 0.250 bits per heavy atom. The first-order valence-corrected chi connectivity index (χ1v) is 30.2. The highest BCUT2D eigenvalue weighted by atomic mass is 14.9. The van der Waals surface area contributed by atoms with E-state index in [0.717, 1.165) is 202 Å². The summed E-state index contributed by atoms with van der Waals surface area (Å²) in [6.07, 6.45) is 18.9. The highest BCUT2D eigenvalue weighted by Gasteiger charge is 2.37. The summed E-state index contributed by atoms with van der Waals surface area (Å²) >= 11 is 0. The quantitative estimate of drug-likeness (QED) is 0.0808. The molecule has 0 radical (unpaired) electrons. The Balaban J connectivity index is 1.59. The van der Waals surface area contributed by atoms with E-state index in [0.29, 0.717) is 0 Å². The van der Waals surface area contributed by atoms with Gasteiger partial charge in [-0.15, -0.1) is 0 Å². The lowest BCUT2D eigenvalue weighted by Crippen LogP contribution is -2.30. The zero-order chi connectivity index (χ0) is 54.0. The van der Waals surface area contributed by atoms with Crippen LogP contribution < -0.4 is 42.8 Å². The normalized spacial score (nSPS) is 17.2. The number of aromatic amines is 4. The van der Waals surface area contributed by atoms with Crippen molar-refractivity contribution in [1.82, 2.24) is 19.9 Å². The molecule has 6 aliphatic rings. The summed E-state index contributed by atoms with van der Waals surface area (Å²) in [7, 11) is 0. The van der Waals surface area contributed by atoms with E-state index in [-0.39, 0.29) is 0 Å². The number of nitrogens with zero attached hydrogens (tertiary/aromatic N) is 4. The van der Waals surface area contributed by atoms with Gasteiger partial charge in [0.25, 0.3) is 0 Å². The summed E-state index contributed by atoms with van der Waals surface area (Å²) in [4.78, 5) is 40.9. The molecule has 0 atom stereocenters. The van der Waals surface area contributed by atoms with Crippen LogP contribution >= 0.6 is 0 Å². The Morgan fingerprint density at radius 2 is 0.500 bits per heavy atom. The van der Waals surface area contributed by atoms with E-state index in [1.807, 2.05) is 0 Å². The zero-order valence-electron chi connectivity index (χ0n) is 49.3. The molecule has 0 aliphatic carbocycles. The second kappa shape index (κ2) is 21.3. The van der Waals surface area contributed by atoms with Gasteiger partial charge in [-0.2, -0.15) is 0 Å². The van der Waals surface area contributed by atoms with Gasteiger partial charge in [-0.1, -0.05) is 111 Å². The fourth-order valence-electron chi connectivity index (χ4n) is 14.7. The van der Waals surface area contributed by atoms with E-state index in [2.05, 4.69) is 143 Å². The molecule has 4 aromatic rings. The van der Waals surface area contributed by atoms with Crippen molar-refractivity contribution in [2.75, 3.05) is 0 Å². The van der Waals surface area contributed by atoms with Gasteiger partial charge in [0.05, 0.1) is 77.7 Å². The van der Waals surface area contributed by atoms with Crippen molar-refractivity contribution in [3.8, 4) is 0 Å². The van der Waals surface area contributed by atoms with Gasteiger partial charge in [-0.05, 0) is 204 Å². The van der Waals surface area contributed by atoms with Crippen molar-refractivity contribution in [2.45, 2.75) is 214 Å². The SMILES string of the molecule is CCC1=C(CC)C2=c3[nH]c(c(CC)c3CC)=C(C3=c4[nH]c(c(CC)c4CC)=C4N=C(C=c5[nH]c(c(CC)c5CC)=C5N=C3C(CC)=C5CC)C(CC)=C4CC)C3=NC(=c4[nH]c(c(CC)c4CC)=CC1=N2)C(CC)=C3CC. The van der Waals surface area contributed by atoms with Gasteiger partial charge in [0.2, 0.25) is 0 Å². The number of H-pyrrole nitrogens is 4. The maximum Gasteiger partial charge on any atom is 0.0910 e. The van der Waals surface area contributed by atoms with E-state index in [4.69, 9.17) is 20.0 Å². The summed E-state index contributed by atoms with van der Waals surface area (Å²) in [5.74, 6) is 0. The first-order valence-electron chi connectivity index (χ1n) is 30.2. The van der Waals surface area contributed by atoms with Crippen molar-refractivity contribution >= 4 is 68.9 Å². The number of allylic oxidation sites excluding steroid dienone is 4. The van der Waals surface area contributed by atoms with Crippen LogP contribution in [-0.4, -0.2) is 42.8 Å². The predicted octanol–water partition coefficient (Wildman–Crippen LogP) is 10.2. The Kier molecular flexibility index (Phi) is 14.9. The molecule has 10 heterocycles. The van der Waals surface area contributed by atoms with E-state index >= 15 is 0 Å². The minimum Gasteiger partial charge on any atom is -0.353 e. The molecule has 0 amide bonds. The fraction of sp³-hybridized carbons (Fsp3) is 0.471. The van der Waals surface area contributed by atoms with Gasteiger partial charge >= 0.3 is 0 Å². The summed E-state index contributed by atoms with van der Waals surface area (Å²) in [6, 6.07) is 0. The maximum atomic E-state index is 6.20. The largest absolute Gasteiger partial charge is 0.353 e. The molecule has 0 unspecified atom stereocenters. The van der Waals surface area contributed by atoms with Crippen LogP contribution in [0.5, 0.6) is 0 Å². The van der Waals surface area contributed by atoms with Gasteiger partial charge < -0.3 is 19.9 Å². The van der Waals surface area contributed by atoms with Crippen molar-refractivity contribution in [3.63, 3.8) is 0 Å². The molecule has 76 heavy (non-hydrogen) atoms. The number of aromatic nitrogens is 4. The van der Waals surface area contributed by atoms with Gasteiger partial charge in [-0.25, -0.2) is 20.0 Å². The number of aliphatic imine (C=N–C) groups is 4. The molecule has 0 aromatic carbocycles. The minimum absolute atomic E-state index is 0.839. The molecule has 0 spiro atoms. The lowest BCUT2D eigenvalue weighted by atomic mass is 9.84. The molecule has 8 nitrogen and oxygen atoms in total. The highest BCUT2D eigenvalue weighted by Crippen LogP contribution is 2.41. The van der Waals surface area contributed by atoms with Gasteiger partial charge in [0.1, 0.15) is 0 Å². The topological polar surface area (TPSA) is 113 Å². The second-order valence-electron chi connectivity index (χ2n) is 21.2. The summed E-state index contributed by atoms with van der Waals surface area (Å²) in [6.45, 7) is 37.3. The third kappa shape index (κ3) is 7.71. The summed E-state index contributed by atoms with van der Waals surface area (Å²) < 4.78 is 0. The number of fused-ring (bicyclic) bond motifs is 12. The summed E-state index contributed by atoms with van der Waals surface area (Å²) in [5, 5.41) is 9.23. The number of nitrogens with one attached hydrogen (secondary N) is 4. The van der Waals surface area contributed by atoms with Crippen molar-refractivity contribution < 1.29 is 0 Å². The number of hydrogen-bond acceptors (Lipinski definition) is 4. The van der Waals surface area contributed by atoms with E-state index in [1.165, 1.54) is 89.1 Å². The molecule has 0 saturated heterocycles. The molecule has 4 aromatic heterocycles. The van der Waals surface area contributed by atoms with Crippen LogP contribution in [0.2, 0.25) is 0 Å². The van der Waals surface area contributed by atoms with Gasteiger partial charge in [0, 0.05) is 21.8 Å². The molecule has 4 N–H and O–H groups in total. The molecular formula is C68H86N8.